The minimum atomic E-state index is -0.611. The molecule has 0 aliphatic carbocycles. The van der Waals surface area contributed by atoms with Gasteiger partial charge in [-0.3, -0.25) is 4.79 Å². The number of benzene rings is 2. The molecule has 0 spiro atoms. The van der Waals surface area contributed by atoms with Gasteiger partial charge in [0.05, 0.1) is 5.69 Å². The van der Waals surface area contributed by atoms with Crippen LogP contribution in [0.2, 0.25) is 0 Å². The first-order valence-electron chi connectivity index (χ1n) is 7.87. The second-order valence-corrected chi connectivity index (χ2v) is 6.55. The highest BCUT2D eigenvalue weighted by molar-refractivity contribution is 7.13. The summed E-state index contributed by atoms with van der Waals surface area (Å²) in [7, 11) is 0. The van der Waals surface area contributed by atoms with Crippen LogP contribution in [-0.4, -0.2) is 17.0 Å². The number of aryl methyl sites for hydroxylation is 1. The van der Waals surface area contributed by atoms with Gasteiger partial charge in [-0.15, -0.1) is 11.3 Å². The fourth-order valence-corrected chi connectivity index (χ4v) is 2.90. The number of anilines is 2. The van der Waals surface area contributed by atoms with Crippen molar-refractivity contribution >= 4 is 28.1 Å². The summed E-state index contributed by atoms with van der Waals surface area (Å²) in [6, 6.07) is 15.1. The molecule has 128 valence electrons. The number of amides is 1. The van der Waals surface area contributed by atoms with E-state index in [0.717, 1.165) is 22.5 Å². The van der Waals surface area contributed by atoms with Crippen LogP contribution < -0.4 is 15.8 Å². The predicted octanol–water partition coefficient (Wildman–Crippen LogP) is 4.11. The van der Waals surface area contributed by atoms with Crippen molar-refractivity contribution in [3.05, 3.63) is 59.5 Å². The molecule has 2 aromatic carbocycles. The molecule has 1 unspecified atom stereocenters. The van der Waals surface area contributed by atoms with Gasteiger partial charge < -0.3 is 15.8 Å². The Morgan fingerprint density at radius 1 is 1.20 bits per heavy atom. The van der Waals surface area contributed by atoms with Gasteiger partial charge >= 0.3 is 0 Å². The van der Waals surface area contributed by atoms with Crippen molar-refractivity contribution in [2.75, 3.05) is 11.1 Å². The second-order valence-electron chi connectivity index (χ2n) is 5.66. The quantitative estimate of drug-likeness (QED) is 0.724. The van der Waals surface area contributed by atoms with E-state index in [-0.39, 0.29) is 5.91 Å². The minimum absolute atomic E-state index is 0.189. The average Bonchev–Trinajstić information content (AvgIpc) is 3.04. The van der Waals surface area contributed by atoms with E-state index in [1.807, 2.05) is 60.8 Å². The number of thiazole rings is 1. The summed E-state index contributed by atoms with van der Waals surface area (Å²) < 4.78 is 5.73. The van der Waals surface area contributed by atoms with E-state index in [4.69, 9.17) is 10.5 Å². The standard InChI is InChI=1S/C19H19N3O2S/c1-12-5-3-4-6-16(12)21-18(23)13(2)24-15-9-7-14(8-10-15)17-11-25-19(20)22-17/h3-11,13H,1-2H3,(H2,20,22)(H,21,23). The third-order valence-electron chi connectivity index (χ3n) is 3.76. The van der Waals surface area contributed by atoms with Gasteiger partial charge in [-0.1, -0.05) is 18.2 Å². The number of hydrogen-bond acceptors (Lipinski definition) is 5. The molecule has 0 saturated carbocycles. The van der Waals surface area contributed by atoms with Crippen LogP contribution in [0.15, 0.2) is 53.9 Å². The molecule has 5 nitrogen and oxygen atoms in total. The van der Waals surface area contributed by atoms with Gasteiger partial charge in [-0.25, -0.2) is 4.98 Å². The molecule has 0 radical (unpaired) electrons. The normalized spacial score (nSPS) is 11.8. The molecule has 0 fully saturated rings. The molecule has 1 aromatic heterocycles. The first kappa shape index (κ1) is 17.0. The lowest BCUT2D eigenvalue weighted by Crippen LogP contribution is -2.30. The maximum atomic E-state index is 12.3. The highest BCUT2D eigenvalue weighted by Gasteiger charge is 2.15. The molecule has 25 heavy (non-hydrogen) atoms. The SMILES string of the molecule is Cc1ccccc1NC(=O)C(C)Oc1ccc(-c2csc(N)n2)cc1. The molecular weight excluding hydrogens is 334 g/mol. The van der Waals surface area contributed by atoms with Crippen molar-refractivity contribution in [1.29, 1.82) is 0 Å². The van der Waals surface area contributed by atoms with Gasteiger partial charge in [0.2, 0.25) is 0 Å². The molecule has 1 atom stereocenters. The molecule has 0 saturated heterocycles. The number of rotatable bonds is 5. The van der Waals surface area contributed by atoms with Crippen molar-refractivity contribution in [2.24, 2.45) is 0 Å². The van der Waals surface area contributed by atoms with Crippen LogP contribution >= 0.6 is 11.3 Å². The third-order valence-corrected chi connectivity index (χ3v) is 4.43. The number of para-hydroxylation sites is 1. The Labute approximate surface area is 150 Å². The Morgan fingerprint density at radius 3 is 2.56 bits per heavy atom. The maximum Gasteiger partial charge on any atom is 0.265 e. The van der Waals surface area contributed by atoms with E-state index in [2.05, 4.69) is 10.3 Å². The van der Waals surface area contributed by atoms with Crippen LogP contribution in [0.25, 0.3) is 11.3 Å². The Morgan fingerprint density at radius 2 is 1.92 bits per heavy atom. The third kappa shape index (κ3) is 4.16. The number of aromatic nitrogens is 1. The fourth-order valence-electron chi connectivity index (χ4n) is 2.33. The van der Waals surface area contributed by atoms with Gasteiger partial charge in [-0.05, 0) is 49.7 Å². The van der Waals surface area contributed by atoms with Crippen LogP contribution in [0, 0.1) is 6.92 Å². The van der Waals surface area contributed by atoms with E-state index < -0.39 is 6.10 Å². The van der Waals surface area contributed by atoms with Crippen molar-refractivity contribution in [3.8, 4) is 17.0 Å². The monoisotopic (exact) mass is 353 g/mol. The van der Waals surface area contributed by atoms with Crippen LogP contribution in [0.4, 0.5) is 10.8 Å². The number of ether oxygens (including phenoxy) is 1. The van der Waals surface area contributed by atoms with Crippen molar-refractivity contribution in [3.63, 3.8) is 0 Å². The van der Waals surface area contributed by atoms with Gasteiger partial charge in [0.15, 0.2) is 11.2 Å². The van der Waals surface area contributed by atoms with E-state index in [9.17, 15) is 4.79 Å². The van der Waals surface area contributed by atoms with Crippen LogP contribution in [-0.2, 0) is 4.79 Å². The number of nitrogens with two attached hydrogens (primary N) is 1. The van der Waals surface area contributed by atoms with E-state index in [0.29, 0.717) is 10.9 Å². The summed E-state index contributed by atoms with van der Waals surface area (Å²) in [6.07, 6.45) is -0.611. The molecule has 3 aromatic rings. The fraction of sp³-hybridized carbons (Fsp3) is 0.158. The van der Waals surface area contributed by atoms with Gasteiger partial charge in [0.25, 0.3) is 5.91 Å². The highest BCUT2D eigenvalue weighted by atomic mass is 32.1. The van der Waals surface area contributed by atoms with E-state index in [1.54, 1.807) is 6.92 Å². The average molecular weight is 353 g/mol. The Hall–Kier alpha value is -2.86. The number of nitrogen functional groups attached to an aromatic ring is 1. The molecule has 3 rings (SSSR count). The number of hydrogen-bond donors (Lipinski definition) is 2. The lowest BCUT2D eigenvalue weighted by molar-refractivity contribution is -0.122. The Balaban J connectivity index is 1.63. The first-order valence-corrected chi connectivity index (χ1v) is 8.75. The molecule has 0 bridgehead atoms. The van der Waals surface area contributed by atoms with Gasteiger partial charge in [-0.2, -0.15) is 0 Å². The number of carbonyl (C=O) groups excluding carboxylic acids is 1. The molecule has 1 heterocycles. The van der Waals surface area contributed by atoms with E-state index >= 15 is 0 Å². The van der Waals surface area contributed by atoms with Gasteiger partial charge in [0, 0.05) is 16.6 Å². The van der Waals surface area contributed by atoms with Crippen LogP contribution in [0.3, 0.4) is 0 Å². The smallest absolute Gasteiger partial charge is 0.265 e. The van der Waals surface area contributed by atoms with Crippen molar-refractivity contribution in [1.82, 2.24) is 4.98 Å². The zero-order chi connectivity index (χ0) is 17.8. The first-order chi connectivity index (χ1) is 12.0. The summed E-state index contributed by atoms with van der Waals surface area (Å²) in [5.41, 5.74) is 9.25. The van der Waals surface area contributed by atoms with Crippen LogP contribution in [0.5, 0.6) is 5.75 Å². The summed E-state index contributed by atoms with van der Waals surface area (Å²) in [4.78, 5) is 16.5. The molecule has 1 amide bonds. The highest BCUT2D eigenvalue weighted by Crippen LogP contribution is 2.25. The van der Waals surface area contributed by atoms with Gasteiger partial charge in [0.1, 0.15) is 5.75 Å². The predicted molar refractivity (Wildman–Crippen MR) is 102 cm³/mol. The summed E-state index contributed by atoms with van der Waals surface area (Å²) in [5.74, 6) is 0.435. The summed E-state index contributed by atoms with van der Waals surface area (Å²) >= 11 is 1.40. The minimum Gasteiger partial charge on any atom is -0.481 e. The zero-order valence-corrected chi connectivity index (χ0v) is 14.8. The maximum absolute atomic E-state index is 12.3. The zero-order valence-electron chi connectivity index (χ0n) is 14.0. The topological polar surface area (TPSA) is 77.2 Å². The lowest BCUT2D eigenvalue weighted by atomic mass is 10.1. The van der Waals surface area contributed by atoms with Crippen molar-refractivity contribution < 1.29 is 9.53 Å². The van der Waals surface area contributed by atoms with Crippen LogP contribution in [0.1, 0.15) is 12.5 Å². The summed E-state index contributed by atoms with van der Waals surface area (Å²) in [6.45, 7) is 3.67. The Kier molecular flexibility index (Phi) is 5.00. The number of carbonyl (C=O) groups is 1. The molecular formula is C19H19N3O2S. The second kappa shape index (κ2) is 7.36. The Bertz CT molecular complexity index is 874. The van der Waals surface area contributed by atoms with Crippen molar-refractivity contribution in [2.45, 2.75) is 20.0 Å². The molecule has 6 heteroatoms. The molecule has 0 aliphatic heterocycles. The summed E-state index contributed by atoms with van der Waals surface area (Å²) in [5, 5.41) is 5.33. The molecule has 0 aliphatic rings. The number of nitrogens with zero attached hydrogens (tertiary/aromatic N) is 1. The lowest BCUT2D eigenvalue weighted by Gasteiger charge is -2.16. The number of nitrogens with one attached hydrogen (secondary N) is 1. The largest absolute Gasteiger partial charge is 0.481 e. The molecule has 3 N–H and O–H groups in total. The van der Waals surface area contributed by atoms with E-state index in [1.165, 1.54) is 11.3 Å².